The minimum atomic E-state index is 0.546. The van der Waals surface area contributed by atoms with Crippen LogP contribution in [0.25, 0.3) is 0 Å². The Morgan fingerprint density at radius 2 is 2.11 bits per heavy atom. The second-order valence-corrected chi connectivity index (χ2v) is 5.04. The highest BCUT2D eigenvalue weighted by Gasteiger charge is 2.14. The molecule has 0 bridgehead atoms. The summed E-state index contributed by atoms with van der Waals surface area (Å²) in [7, 11) is 0. The quantitative estimate of drug-likeness (QED) is 0.558. The highest BCUT2D eigenvalue weighted by atomic mass is 15.3. The summed E-state index contributed by atoms with van der Waals surface area (Å²) in [6, 6.07) is 2.40. The van der Waals surface area contributed by atoms with Gasteiger partial charge in [0.25, 0.3) is 0 Å². The zero-order valence-corrected chi connectivity index (χ0v) is 12.6. The molecule has 1 atom stereocenters. The van der Waals surface area contributed by atoms with Gasteiger partial charge in [-0.1, -0.05) is 20.3 Å². The van der Waals surface area contributed by atoms with Crippen molar-refractivity contribution in [2.75, 3.05) is 12.0 Å². The van der Waals surface area contributed by atoms with Gasteiger partial charge in [0, 0.05) is 17.8 Å². The molecule has 1 aromatic rings. The summed E-state index contributed by atoms with van der Waals surface area (Å²) >= 11 is 0. The Morgan fingerprint density at radius 1 is 1.37 bits per heavy atom. The lowest BCUT2D eigenvalue weighted by molar-refractivity contribution is 0.187. The first kappa shape index (κ1) is 15.9. The third-order valence-electron chi connectivity index (χ3n) is 3.41. The number of rotatable bonds is 8. The SMILES string of the molecule is CCCCN(Cc1nc(C)cc(NN)n1)C(C)CC. The Hall–Kier alpha value is -1.20. The summed E-state index contributed by atoms with van der Waals surface area (Å²) in [5.74, 6) is 6.95. The topological polar surface area (TPSA) is 67.1 Å². The zero-order chi connectivity index (χ0) is 14.3. The van der Waals surface area contributed by atoms with E-state index < -0.39 is 0 Å². The molecule has 1 unspecified atom stereocenters. The summed E-state index contributed by atoms with van der Waals surface area (Å²) in [5.41, 5.74) is 3.54. The predicted molar refractivity (Wildman–Crippen MR) is 79.7 cm³/mol. The first-order chi connectivity index (χ1) is 9.10. The Bertz CT molecular complexity index is 380. The number of anilines is 1. The van der Waals surface area contributed by atoms with Crippen LogP contribution in [0.5, 0.6) is 0 Å². The molecule has 0 spiro atoms. The Morgan fingerprint density at radius 3 is 2.68 bits per heavy atom. The van der Waals surface area contributed by atoms with Crippen LogP contribution in [-0.4, -0.2) is 27.5 Å². The summed E-state index contributed by atoms with van der Waals surface area (Å²) in [6.07, 6.45) is 3.55. The van der Waals surface area contributed by atoms with Gasteiger partial charge in [0.05, 0.1) is 6.54 Å². The lowest BCUT2D eigenvalue weighted by Gasteiger charge is -2.27. The number of unbranched alkanes of at least 4 members (excludes halogenated alkanes) is 1. The van der Waals surface area contributed by atoms with Gasteiger partial charge in [0.1, 0.15) is 11.6 Å². The largest absolute Gasteiger partial charge is 0.308 e. The van der Waals surface area contributed by atoms with Gasteiger partial charge in [0.2, 0.25) is 0 Å². The van der Waals surface area contributed by atoms with Crippen molar-refractivity contribution in [3.05, 3.63) is 17.6 Å². The number of hydrazine groups is 1. The van der Waals surface area contributed by atoms with Crippen molar-refractivity contribution in [1.82, 2.24) is 14.9 Å². The predicted octanol–water partition coefficient (Wildman–Crippen LogP) is 2.47. The number of aromatic nitrogens is 2. The number of nitrogen functional groups attached to an aromatic ring is 1. The van der Waals surface area contributed by atoms with E-state index in [0.29, 0.717) is 11.9 Å². The number of hydrogen-bond acceptors (Lipinski definition) is 5. The van der Waals surface area contributed by atoms with E-state index >= 15 is 0 Å². The Kier molecular flexibility index (Phi) is 6.73. The third-order valence-corrected chi connectivity index (χ3v) is 3.41. The fourth-order valence-corrected chi connectivity index (χ4v) is 2.03. The summed E-state index contributed by atoms with van der Waals surface area (Å²) in [5, 5.41) is 0. The maximum Gasteiger partial charge on any atom is 0.145 e. The van der Waals surface area contributed by atoms with Crippen LogP contribution in [0.1, 0.15) is 51.6 Å². The van der Waals surface area contributed by atoms with E-state index in [0.717, 1.165) is 31.0 Å². The maximum absolute atomic E-state index is 5.43. The third kappa shape index (κ3) is 5.12. The van der Waals surface area contributed by atoms with Crippen LogP contribution in [0.2, 0.25) is 0 Å². The van der Waals surface area contributed by atoms with Crippen LogP contribution in [0.15, 0.2) is 6.07 Å². The molecule has 0 aliphatic heterocycles. The zero-order valence-electron chi connectivity index (χ0n) is 12.6. The van der Waals surface area contributed by atoms with Gasteiger partial charge in [-0.15, -0.1) is 0 Å². The number of nitrogens with two attached hydrogens (primary N) is 1. The molecule has 0 aromatic carbocycles. The van der Waals surface area contributed by atoms with E-state index in [-0.39, 0.29) is 0 Å². The van der Waals surface area contributed by atoms with E-state index in [2.05, 4.69) is 41.1 Å². The lowest BCUT2D eigenvalue weighted by atomic mass is 10.2. The fraction of sp³-hybridized carbons (Fsp3) is 0.714. The summed E-state index contributed by atoms with van der Waals surface area (Å²) < 4.78 is 0. The smallest absolute Gasteiger partial charge is 0.145 e. The second kappa shape index (κ2) is 8.07. The minimum absolute atomic E-state index is 0.546. The molecule has 0 radical (unpaired) electrons. The van der Waals surface area contributed by atoms with E-state index in [4.69, 9.17) is 5.84 Å². The molecule has 0 aliphatic rings. The summed E-state index contributed by atoms with van der Waals surface area (Å²) in [4.78, 5) is 11.4. The molecule has 1 aromatic heterocycles. The molecule has 0 saturated heterocycles. The highest BCUT2D eigenvalue weighted by molar-refractivity contribution is 5.33. The van der Waals surface area contributed by atoms with E-state index in [1.807, 2.05) is 13.0 Å². The van der Waals surface area contributed by atoms with Gasteiger partial charge >= 0.3 is 0 Å². The molecule has 0 aliphatic carbocycles. The summed E-state index contributed by atoms with van der Waals surface area (Å²) in [6.45, 7) is 10.5. The molecule has 1 heterocycles. The van der Waals surface area contributed by atoms with E-state index in [1.165, 1.54) is 12.8 Å². The van der Waals surface area contributed by atoms with Gasteiger partial charge in [-0.05, 0) is 33.2 Å². The molecular weight excluding hydrogens is 238 g/mol. The number of nitrogens with one attached hydrogen (secondary N) is 1. The van der Waals surface area contributed by atoms with Gasteiger partial charge in [-0.2, -0.15) is 0 Å². The standard InChI is InChI=1S/C14H27N5/c1-5-7-8-19(12(4)6-2)10-14-16-11(3)9-13(17-14)18-15/h9,12H,5-8,10,15H2,1-4H3,(H,16,17,18). The minimum Gasteiger partial charge on any atom is -0.308 e. The first-order valence-electron chi connectivity index (χ1n) is 7.15. The molecule has 5 heteroatoms. The Labute approximate surface area is 116 Å². The molecule has 3 N–H and O–H groups in total. The molecule has 0 fully saturated rings. The monoisotopic (exact) mass is 265 g/mol. The van der Waals surface area contributed by atoms with Gasteiger partial charge in [-0.25, -0.2) is 15.8 Å². The van der Waals surface area contributed by atoms with Crippen molar-refractivity contribution >= 4 is 5.82 Å². The fourth-order valence-electron chi connectivity index (χ4n) is 2.03. The van der Waals surface area contributed by atoms with Gasteiger partial charge in [0.15, 0.2) is 0 Å². The normalized spacial score (nSPS) is 12.7. The van der Waals surface area contributed by atoms with Crippen LogP contribution in [0, 0.1) is 6.92 Å². The second-order valence-electron chi connectivity index (χ2n) is 5.04. The molecule has 0 saturated carbocycles. The van der Waals surface area contributed by atoms with Crippen LogP contribution >= 0.6 is 0 Å². The average molecular weight is 265 g/mol. The lowest BCUT2D eigenvalue weighted by Crippen LogP contribution is -2.33. The van der Waals surface area contributed by atoms with Crippen molar-refractivity contribution in [1.29, 1.82) is 0 Å². The molecule has 108 valence electrons. The van der Waals surface area contributed by atoms with Crippen LogP contribution < -0.4 is 11.3 Å². The number of hydrogen-bond donors (Lipinski definition) is 2. The van der Waals surface area contributed by atoms with Crippen molar-refractivity contribution in [2.24, 2.45) is 5.84 Å². The van der Waals surface area contributed by atoms with Crippen molar-refractivity contribution < 1.29 is 0 Å². The molecular formula is C14H27N5. The van der Waals surface area contributed by atoms with Crippen LogP contribution in [-0.2, 0) is 6.54 Å². The molecule has 19 heavy (non-hydrogen) atoms. The highest BCUT2D eigenvalue weighted by Crippen LogP contribution is 2.12. The molecule has 1 rings (SSSR count). The van der Waals surface area contributed by atoms with E-state index in [1.54, 1.807) is 0 Å². The first-order valence-corrected chi connectivity index (χ1v) is 7.15. The van der Waals surface area contributed by atoms with Crippen molar-refractivity contribution in [3.63, 3.8) is 0 Å². The molecule has 5 nitrogen and oxygen atoms in total. The Balaban J connectivity index is 2.79. The van der Waals surface area contributed by atoms with E-state index in [9.17, 15) is 0 Å². The van der Waals surface area contributed by atoms with Gasteiger partial charge in [-0.3, -0.25) is 4.90 Å². The van der Waals surface area contributed by atoms with Gasteiger partial charge < -0.3 is 5.43 Å². The maximum atomic E-state index is 5.43. The van der Waals surface area contributed by atoms with Crippen LogP contribution in [0.4, 0.5) is 5.82 Å². The van der Waals surface area contributed by atoms with Crippen LogP contribution in [0.3, 0.4) is 0 Å². The number of aryl methyl sites for hydroxylation is 1. The van der Waals surface area contributed by atoms with Crippen molar-refractivity contribution in [3.8, 4) is 0 Å². The van der Waals surface area contributed by atoms with Crippen molar-refractivity contribution in [2.45, 2.75) is 59.5 Å². The number of nitrogens with zero attached hydrogens (tertiary/aromatic N) is 3. The molecule has 0 amide bonds. The average Bonchev–Trinajstić information content (AvgIpc) is 2.41.